The highest BCUT2D eigenvalue weighted by atomic mass is 32.1. The summed E-state index contributed by atoms with van der Waals surface area (Å²) in [6, 6.07) is 0. The lowest BCUT2D eigenvalue weighted by atomic mass is 10.0. The molecule has 0 bridgehead atoms. The molecule has 21 heavy (non-hydrogen) atoms. The Balaban J connectivity index is 3.16. The second-order valence-corrected chi connectivity index (χ2v) is 4.67. The lowest BCUT2D eigenvalue weighted by molar-refractivity contribution is -0.148. The average Bonchev–Trinajstić information content (AvgIpc) is 2.43. The highest BCUT2D eigenvalue weighted by Gasteiger charge is 2.42. The molecular weight excluding hydrogens is 310 g/mol. The zero-order chi connectivity index (χ0) is 16.2. The number of hydrogen-bond donors (Lipinski definition) is 1. The Morgan fingerprint density at radius 2 is 1.90 bits per heavy atom. The Morgan fingerprint density at radius 3 is 2.33 bits per heavy atom. The summed E-state index contributed by atoms with van der Waals surface area (Å²) < 4.78 is 54.8. The van der Waals surface area contributed by atoms with Crippen LogP contribution in [-0.2, 0) is 12.8 Å². The van der Waals surface area contributed by atoms with Crippen LogP contribution in [0.1, 0.15) is 30.7 Å². The fourth-order valence-electron chi connectivity index (χ4n) is 1.74. The first kappa shape index (κ1) is 17.5. The predicted molar refractivity (Wildman–Crippen MR) is 73.1 cm³/mol. The number of alkyl halides is 4. The molecule has 1 aromatic rings. The fourth-order valence-corrected chi connectivity index (χ4v) is 1.95. The highest BCUT2D eigenvalue weighted by molar-refractivity contribution is 7.80. The Kier molecular flexibility index (Phi) is 5.82. The smallest absolute Gasteiger partial charge is 0.340 e. The van der Waals surface area contributed by atoms with Crippen LogP contribution in [0.5, 0.6) is 5.88 Å². The Morgan fingerprint density at radius 1 is 1.29 bits per heavy atom. The van der Waals surface area contributed by atoms with E-state index in [1.165, 1.54) is 0 Å². The predicted octanol–water partition coefficient (Wildman–Crippen LogP) is 2.51. The number of thiocarbonyl (C=S) groups is 1. The van der Waals surface area contributed by atoms with Crippen LogP contribution >= 0.6 is 12.2 Å². The van der Waals surface area contributed by atoms with Gasteiger partial charge in [0.25, 0.3) is 0 Å². The van der Waals surface area contributed by atoms with E-state index in [1.807, 2.05) is 6.92 Å². The quantitative estimate of drug-likeness (QED) is 0.616. The second kappa shape index (κ2) is 6.97. The molecular formula is C12H15F4N3OS. The van der Waals surface area contributed by atoms with Crippen LogP contribution < -0.4 is 10.5 Å². The summed E-state index contributed by atoms with van der Waals surface area (Å²) in [6.07, 6.45) is -2.81. The van der Waals surface area contributed by atoms with Crippen LogP contribution in [0, 0.1) is 0 Å². The molecule has 0 aliphatic rings. The molecule has 0 radical (unpaired) electrons. The van der Waals surface area contributed by atoms with Gasteiger partial charge in [0, 0.05) is 0 Å². The summed E-state index contributed by atoms with van der Waals surface area (Å²) in [5, 5.41) is 7.46. The van der Waals surface area contributed by atoms with E-state index in [-0.39, 0.29) is 16.4 Å². The van der Waals surface area contributed by atoms with Crippen molar-refractivity contribution in [3.63, 3.8) is 0 Å². The molecule has 4 nitrogen and oxygen atoms in total. The van der Waals surface area contributed by atoms with E-state index < -0.39 is 19.0 Å². The lowest BCUT2D eigenvalue weighted by Gasteiger charge is -2.18. The van der Waals surface area contributed by atoms with Gasteiger partial charge in [-0.3, -0.25) is 0 Å². The third kappa shape index (κ3) is 3.99. The number of aromatic nitrogens is 2. The average molecular weight is 325 g/mol. The number of halogens is 4. The molecule has 0 aromatic carbocycles. The van der Waals surface area contributed by atoms with Crippen molar-refractivity contribution in [3.05, 3.63) is 16.8 Å². The zero-order valence-corrected chi connectivity index (χ0v) is 12.3. The minimum Gasteiger partial charge on any atom is -0.469 e. The standard InChI is InChI=1S/C12H15F4N3OS/c1-3-6-7(4-2)18-19-10(8(6)9(17)21)20-5-12(15,16)11(13)14/h11H,3-5H2,1-2H3,(H2,17,21). The van der Waals surface area contributed by atoms with Crippen LogP contribution in [0.2, 0.25) is 0 Å². The van der Waals surface area contributed by atoms with Gasteiger partial charge in [-0.2, -0.15) is 13.9 Å². The summed E-state index contributed by atoms with van der Waals surface area (Å²) in [4.78, 5) is -0.105. The molecule has 1 rings (SSSR count). The third-order valence-electron chi connectivity index (χ3n) is 2.78. The molecule has 9 heteroatoms. The van der Waals surface area contributed by atoms with Gasteiger partial charge in [-0.1, -0.05) is 26.1 Å². The molecule has 118 valence electrons. The van der Waals surface area contributed by atoms with E-state index >= 15 is 0 Å². The second-order valence-electron chi connectivity index (χ2n) is 4.23. The van der Waals surface area contributed by atoms with Crippen molar-refractivity contribution in [1.29, 1.82) is 0 Å². The molecule has 0 saturated carbocycles. The van der Waals surface area contributed by atoms with E-state index in [1.54, 1.807) is 6.92 Å². The molecule has 0 aliphatic carbocycles. The van der Waals surface area contributed by atoms with Crippen molar-refractivity contribution in [3.8, 4) is 5.88 Å². The molecule has 0 atom stereocenters. The first-order valence-corrected chi connectivity index (χ1v) is 6.62. The van der Waals surface area contributed by atoms with Gasteiger partial charge in [0.05, 0.1) is 11.3 Å². The van der Waals surface area contributed by atoms with Gasteiger partial charge in [-0.05, 0) is 18.4 Å². The maximum Gasteiger partial charge on any atom is 0.340 e. The summed E-state index contributed by atoms with van der Waals surface area (Å²) >= 11 is 4.86. The van der Waals surface area contributed by atoms with Crippen molar-refractivity contribution in [2.24, 2.45) is 5.73 Å². The summed E-state index contributed by atoms with van der Waals surface area (Å²) in [5.41, 5.74) is 6.96. The first-order valence-electron chi connectivity index (χ1n) is 6.21. The first-order chi connectivity index (χ1) is 9.74. The van der Waals surface area contributed by atoms with Crippen molar-refractivity contribution >= 4 is 17.2 Å². The van der Waals surface area contributed by atoms with Gasteiger partial charge in [-0.25, -0.2) is 8.78 Å². The van der Waals surface area contributed by atoms with Crippen LogP contribution in [0.4, 0.5) is 17.6 Å². The molecule has 0 amide bonds. The van der Waals surface area contributed by atoms with Crippen LogP contribution in [0.25, 0.3) is 0 Å². The minimum atomic E-state index is -4.29. The van der Waals surface area contributed by atoms with E-state index in [2.05, 4.69) is 10.2 Å². The molecule has 0 spiro atoms. The SMILES string of the molecule is CCc1nnc(OCC(F)(F)C(F)F)c(C(N)=S)c1CC. The van der Waals surface area contributed by atoms with E-state index in [0.717, 1.165) is 0 Å². The van der Waals surface area contributed by atoms with E-state index in [0.29, 0.717) is 24.1 Å². The molecule has 0 aliphatic heterocycles. The van der Waals surface area contributed by atoms with E-state index in [4.69, 9.17) is 22.7 Å². The Bertz CT molecular complexity index is 525. The lowest BCUT2D eigenvalue weighted by Crippen LogP contribution is -2.34. The zero-order valence-electron chi connectivity index (χ0n) is 11.5. The van der Waals surface area contributed by atoms with Gasteiger partial charge in [0.2, 0.25) is 5.88 Å². The normalized spacial score (nSPS) is 11.8. The summed E-state index contributed by atoms with van der Waals surface area (Å²) in [6.45, 7) is 2.11. The monoisotopic (exact) mass is 325 g/mol. The summed E-state index contributed by atoms with van der Waals surface area (Å²) in [7, 11) is 0. The molecule has 0 unspecified atom stereocenters. The highest BCUT2D eigenvalue weighted by Crippen LogP contribution is 2.27. The Labute approximate surface area is 124 Å². The maximum absolute atomic E-state index is 12.9. The van der Waals surface area contributed by atoms with Crippen molar-refractivity contribution in [2.45, 2.75) is 39.0 Å². The minimum absolute atomic E-state index is 0.105. The molecule has 0 saturated heterocycles. The van der Waals surface area contributed by atoms with Crippen LogP contribution in [0.3, 0.4) is 0 Å². The van der Waals surface area contributed by atoms with Gasteiger partial charge in [0.15, 0.2) is 6.61 Å². The number of rotatable bonds is 7. The number of nitrogens with zero attached hydrogens (tertiary/aromatic N) is 2. The molecule has 1 aromatic heterocycles. The number of nitrogens with two attached hydrogens (primary N) is 1. The van der Waals surface area contributed by atoms with Gasteiger partial charge >= 0.3 is 12.3 Å². The number of aryl methyl sites for hydroxylation is 1. The van der Waals surface area contributed by atoms with Crippen LogP contribution in [-0.4, -0.2) is 34.1 Å². The third-order valence-corrected chi connectivity index (χ3v) is 2.99. The molecule has 1 heterocycles. The van der Waals surface area contributed by atoms with Crippen molar-refractivity contribution in [1.82, 2.24) is 10.2 Å². The summed E-state index contributed by atoms with van der Waals surface area (Å²) in [5.74, 6) is -4.64. The van der Waals surface area contributed by atoms with Gasteiger partial charge in [-0.15, -0.1) is 5.10 Å². The fraction of sp³-hybridized carbons (Fsp3) is 0.583. The maximum atomic E-state index is 12.9. The van der Waals surface area contributed by atoms with Crippen LogP contribution in [0.15, 0.2) is 0 Å². The van der Waals surface area contributed by atoms with Crippen molar-refractivity contribution < 1.29 is 22.3 Å². The topological polar surface area (TPSA) is 61.0 Å². The number of ether oxygens (including phenoxy) is 1. The van der Waals surface area contributed by atoms with Gasteiger partial charge in [0.1, 0.15) is 4.99 Å². The molecule has 2 N–H and O–H groups in total. The number of hydrogen-bond acceptors (Lipinski definition) is 4. The van der Waals surface area contributed by atoms with Gasteiger partial charge < -0.3 is 10.5 Å². The Hall–Kier alpha value is -1.51. The largest absolute Gasteiger partial charge is 0.469 e. The molecule has 0 fully saturated rings. The van der Waals surface area contributed by atoms with E-state index in [9.17, 15) is 17.6 Å². The van der Waals surface area contributed by atoms with Crippen molar-refractivity contribution in [2.75, 3.05) is 6.61 Å².